The van der Waals surface area contributed by atoms with E-state index in [4.69, 9.17) is 10.5 Å². The number of H-pyrrole nitrogens is 1. The number of morpholine rings is 1. The smallest absolute Gasteiger partial charge is 0.191 e. The molecule has 1 fully saturated rings. The molecule has 96 valence electrons. The predicted octanol–water partition coefficient (Wildman–Crippen LogP) is 0.483. The van der Waals surface area contributed by atoms with Crippen LogP contribution in [0.2, 0.25) is 0 Å². The first kappa shape index (κ1) is 14.2. The average Bonchev–Trinajstić information content (AvgIpc) is 2.73. The number of nitrogens with zero attached hydrogens (tertiary/aromatic N) is 3. The third-order valence-corrected chi connectivity index (χ3v) is 2.68. The largest absolute Gasteiger partial charge is 0.378 e. The van der Waals surface area contributed by atoms with Crippen molar-refractivity contribution in [2.24, 2.45) is 10.7 Å². The van der Waals surface area contributed by atoms with Crippen LogP contribution in [-0.2, 0) is 11.3 Å². The Morgan fingerprint density at radius 3 is 2.88 bits per heavy atom. The highest BCUT2D eigenvalue weighted by Gasteiger charge is 2.12. The molecule has 6 nitrogen and oxygen atoms in total. The van der Waals surface area contributed by atoms with Crippen molar-refractivity contribution in [1.82, 2.24) is 15.1 Å². The Kier molecular flexibility index (Phi) is 5.69. The number of aryl methyl sites for hydroxylation is 1. The first-order valence-electron chi connectivity index (χ1n) is 5.39. The molecule has 0 radical (unpaired) electrons. The molecular weight excluding hydrogens is 333 g/mol. The van der Waals surface area contributed by atoms with Crippen LogP contribution in [0.4, 0.5) is 0 Å². The third-order valence-electron chi connectivity index (χ3n) is 2.68. The fraction of sp³-hybridized carbons (Fsp3) is 0.600. The van der Waals surface area contributed by atoms with Crippen LogP contribution in [0.3, 0.4) is 0 Å². The second-order valence-corrected chi connectivity index (χ2v) is 3.79. The number of ether oxygens (including phenoxy) is 1. The summed E-state index contributed by atoms with van der Waals surface area (Å²) in [7, 11) is 0. The minimum absolute atomic E-state index is 0. The summed E-state index contributed by atoms with van der Waals surface area (Å²) < 4.78 is 5.25. The maximum atomic E-state index is 5.90. The van der Waals surface area contributed by atoms with Gasteiger partial charge in [0.25, 0.3) is 0 Å². The number of halogens is 1. The lowest BCUT2D eigenvalue weighted by atomic mass is 10.3. The Balaban J connectivity index is 0.00000144. The van der Waals surface area contributed by atoms with Crippen LogP contribution in [0, 0.1) is 6.92 Å². The summed E-state index contributed by atoms with van der Waals surface area (Å²) in [6.45, 7) is 5.63. The molecule has 1 aromatic rings. The zero-order valence-corrected chi connectivity index (χ0v) is 12.2. The van der Waals surface area contributed by atoms with Crippen LogP contribution in [0.25, 0.3) is 0 Å². The molecular formula is C10H18IN5O. The maximum Gasteiger partial charge on any atom is 0.191 e. The molecule has 0 aliphatic carbocycles. The molecule has 3 N–H and O–H groups in total. The number of nitrogens with two attached hydrogens (primary N) is 1. The lowest BCUT2D eigenvalue weighted by molar-refractivity contribution is 0.0674. The van der Waals surface area contributed by atoms with E-state index in [0.29, 0.717) is 12.5 Å². The van der Waals surface area contributed by atoms with Gasteiger partial charge >= 0.3 is 0 Å². The van der Waals surface area contributed by atoms with Gasteiger partial charge in [-0.15, -0.1) is 24.0 Å². The van der Waals surface area contributed by atoms with Gasteiger partial charge in [0.1, 0.15) is 0 Å². The van der Waals surface area contributed by atoms with Gasteiger partial charge in [-0.3, -0.25) is 5.10 Å². The van der Waals surface area contributed by atoms with Crippen LogP contribution in [-0.4, -0.2) is 47.4 Å². The first-order valence-corrected chi connectivity index (χ1v) is 5.39. The normalized spacial score (nSPS) is 16.8. The summed E-state index contributed by atoms with van der Waals surface area (Å²) in [5.74, 6) is 0.587. The SMILES string of the molecule is Cc1[nH]ncc1CN=C(N)N1CCOCC1.I. The van der Waals surface area contributed by atoms with E-state index >= 15 is 0 Å². The molecule has 1 saturated heterocycles. The number of aromatic nitrogens is 2. The molecule has 0 amide bonds. The lowest BCUT2D eigenvalue weighted by Gasteiger charge is -2.27. The van der Waals surface area contributed by atoms with E-state index < -0.39 is 0 Å². The van der Waals surface area contributed by atoms with Crippen molar-refractivity contribution >= 4 is 29.9 Å². The van der Waals surface area contributed by atoms with Gasteiger partial charge in [-0.2, -0.15) is 5.10 Å². The van der Waals surface area contributed by atoms with Crippen LogP contribution < -0.4 is 5.73 Å². The molecule has 0 bridgehead atoms. The Bertz CT molecular complexity index is 373. The van der Waals surface area contributed by atoms with Gasteiger partial charge in [0.05, 0.1) is 26.0 Å². The third kappa shape index (κ3) is 3.84. The highest BCUT2D eigenvalue weighted by Crippen LogP contribution is 2.04. The average molecular weight is 351 g/mol. The van der Waals surface area contributed by atoms with Crippen molar-refractivity contribution in [3.05, 3.63) is 17.5 Å². The number of rotatable bonds is 2. The second kappa shape index (κ2) is 6.80. The summed E-state index contributed by atoms with van der Waals surface area (Å²) in [6.07, 6.45) is 1.78. The first-order chi connectivity index (χ1) is 7.77. The van der Waals surface area contributed by atoms with Crippen molar-refractivity contribution < 1.29 is 4.74 Å². The quantitative estimate of drug-likeness (QED) is 0.462. The highest BCUT2D eigenvalue weighted by atomic mass is 127. The molecule has 0 atom stereocenters. The van der Waals surface area contributed by atoms with Gasteiger partial charge in [0, 0.05) is 24.3 Å². The Morgan fingerprint density at radius 1 is 1.59 bits per heavy atom. The van der Waals surface area contributed by atoms with Crippen molar-refractivity contribution in [2.75, 3.05) is 26.3 Å². The van der Waals surface area contributed by atoms with E-state index in [1.807, 2.05) is 11.8 Å². The molecule has 1 aromatic heterocycles. The minimum atomic E-state index is 0. The van der Waals surface area contributed by atoms with Crippen molar-refractivity contribution in [3.8, 4) is 0 Å². The Hall–Kier alpha value is -0.830. The summed E-state index contributed by atoms with van der Waals surface area (Å²) in [6, 6.07) is 0. The second-order valence-electron chi connectivity index (χ2n) is 3.79. The molecule has 0 aromatic carbocycles. The zero-order chi connectivity index (χ0) is 11.4. The summed E-state index contributed by atoms with van der Waals surface area (Å²) in [5, 5.41) is 6.82. The fourth-order valence-corrected chi connectivity index (χ4v) is 1.59. The standard InChI is InChI=1S/C10H17N5O.HI/c1-8-9(7-13-14-8)6-12-10(11)15-2-4-16-5-3-15;/h7H,2-6H2,1H3,(H2,11,12)(H,13,14);1H. The molecule has 2 heterocycles. The number of guanidine groups is 1. The molecule has 0 saturated carbocycles. The number of hydrogen-bond donors (Lipinski definition) is 2. The van der Waals surface area contributed by atoms with Crippen LogP contribution in [0.5, 0.6) is 0 Å². The Labute approximate surface area is 118 Å². The summed E-state index contributed by atoms with van der Waals surface area (Å²) in [4.78, 5) is 6.40. The molecule has 1 aliphatic rings. The summed E-state index contributed by atoms with van der Waals surface area (Å²) >= 11 is 0. The predicted molar refractivity (Wildman–Crippen MR) is 76.5 cm³/mol. The van der Waals surface area contributed by atoms with Gasteiger partial charge in [-0.1, -0.05) is 0 Å². The number of hydrogen-bond acceptors (Lipinski definition) is 3. The van der Waals surface area contributed by atoms with Crippen LogP contribution >= 0.6 is 24.0 Å². The van der Waals surface area contributed by atoms with E-state index in [-0.39, 0.29) is 24.0 Å². The lowest BCUT2D eigenvalue weighted by Crippen LogP contribution is -2.44. The van der Waals surface area contributed by atoms with Crippen molar-refractivity contribution in [2.45, 2.75) is 13.5 Å². The zero-order valence-electron chi connectivity index (χ0n) is 9.85. The fourth-order valence-electron chi connectivity index (χ4n) is 1.59. The molecule has 2 rings (SSSR count). The van der Waals surface area contributed by atoms with E-state index in [2.05, 4.69) is 15.2 Å². The van der Waals surface area contributed by atoms with Gasteiger partial charge in [-0.05, 0) is 6.92 Å². The van der Waals surface area contributed by atoms with E-state index in [0.717, 1.165) is 37.6 Å². The van der Waals surface area contributed by atoms with E-state index in [1.54, 1.807) is 6.20 Å². The Morgan fingerprint density at radius 2 is 2.29 bits per heavy atom. The van der Waals surface area contributed by atoms with Gasteiger partial charge in [0.15, 0.2) is 5.96 Å². The van der Waals surface area contributed by atoms with E-state index in [1.165, 1.54) is 0 Å². The topological polar surface area (TPSA) is 79.5 Å². The molecule has 17 heavy (non-hydrogen) atoms. The maximum absolute atomic E-state index is 5.90. The van der Waals surface area contributed by atoms with Gasteiger partial charge in [0.2, 0.25) is 0 Å². The van der Waals surface area contributed by atoms with Crippen molar-refractivity contribution in [1.29, 1.82) is 0 Å². The monoisotopic (exact) mass is 351 g/mol. The number of nitrogens with one attached hydrogen (secondary N) is 1. The molecule has 7 heteroatoms. The van der Waals surface area contributed by atoms with Crippen molar-refractivity contribution in [3.63, 3.8) is 0 Å². The van der Waals surface area contributed by atoms with Crippen LogP contribution in [0.1, 0.15) is 11.3 Å². The van der Waals surface area contributed by atoms with Crippen LogP contribution in [0.15, 0.2) is 11.2 Å². The minimum Gasteiger partial charge on any atom is -0.378 e. The number of aliphatic imine (C=N–C) groups is 1. The van der Waals surface area contributed by atoms with E-state index in [9.17, 15) is 0 Å². The van der Waals surface area contributed by atoms with Gasteiger partial charge < -0.3 is 15.4 Å². The summed E-state index contributed by atoms with van der Waals surface area (Å²) in [5.41, 5.74) is 8.02. The molecule has 0 unspecified atom stereocenters. The molecule has 1 aliphatic heterocycles. The number of aromatic amines is 1. The van der Waals surface area contributed by atoms with Gasteiger partial charge in [-0.25, -0.2) is 4.99 Å². The molecule has 0 spiro atoms. The highest BCUT2D eigenvalue weighted by molar-refractivity contribution is 14.0.